The molecule has 2 atom stereocenters. The molecule has 2 aromatic carbocycles. The Kier molecular flexibility index (Phi) is 7.73. The van der Waals surface area contributed by atoms with Crippen LogP contribution < -0.4 is 10.1 Å². The predicted octanol–water partition coefficient (Wildman–Crippen LogP) is 4.18. The summed E-state index contributed by atoms with van der Waals surface area (Å²) in [6.07, 6.45) is 0.804. The maximum atomic E-state index is 12.5. The van der Waals surface area contributed by atoms with E-state index in [1.807, 2.05) is 24.3 Å². The molecule has 5 nitrogen and oxygen atoms in total. The Bertz CT molecular complexity index is 776. The Morgan fingerprint density at radius 1 is 1.11 bits per heavy atom. The van der Waals surface area contributed by atoms with Gasteiger partial charge in [-0.25, -0.2) is 0 Å². The van der Waals surface area contributed by atoms with E-state index in [1.54, 1.807) is 38.3 Å². The first-order valence-electron chi connectivity index (χ1n) is 8.83. The lowest BCUT2D eigenvalue weighted by atomic mass is 9.98. The molecule has 0 saturated carbocycles. The molecular formula is C21H25NO4S. The van der Waals surface area contributed by atoms with Crippen LogP contribution in [0.15, 0.2) is 53.4 Å². The standard InChI is InChI=1S/C21H25NO4S/c1-14(16-8-10-17(26-3)11-9-16)12-13-22-20(23)18-6-4-5-7-19(18)27-15(2)21(24)25/h4-11,14-15H,12-13H2,1-3H3,(H,22,23)(H,24,25). The number of ether oxygens (including phenoxy) is 1. The Hall–Kier alpha value is -2.47. The third-order valence-electron chi connectivity index (χ3n) is 4.33. The number of methoxy groups -OCH3 is 1. The van der Waals surface area contributed by atoms with Gasteiger partial charge in [0.2, 0.25) is 0 Å². The van der Waals surface area contributed by atoms with Crippen LogP contribution in [0.25, 0.3) is 0 Å². The smallest absolute Gasteiger partial charge is 0.316 e. The van der Waals surface area contributed by atoms with Crippen LogP contribution in [0.1, 0.15) is 42.1 Å². The van der Waals surface area contributed by atoms with E-state index in [0.717, 1.165) is 12.2 Å². The van der Waals surface area contributed by atoms with Crippen molar-refractivity contribution < 1.29 is 19.4 Å². The zero-order chi connectivity index (χ0) is 19.8. The fraction of sp³-hybridized carbons (Fsp3) is 0.333. The number of aliphatic carboxylic acids is 1. The van der Waals surface area contributed by atoms with Crippen LogP contribution in [0.3, 0.4) is 0 Å². The average molecular weight is 388 g/mol. The van der Waals surface area contributed by atoms with Gasteiger partial charge in [0.25, 0.3) is 5.91 Å². The SMILES string of the molecule is COc1ccc(C(C)CCNC(=O)c2ccccc2SC(C)C(=O)O)cc1. The number of carbonyl (C=O) groups is 2. The molecule has 0 spiro atoms. The van der Waals surface area contributed by atoms with Gasteiger partial charge in [0, 0.05) is 11.4 Å². The highest BCUT2D eigenvalue weighted by Gasteiger charge is 2.17. The Balaban J connectivity index is 1.92. The summed E-state index contributed by atoms with van der Waals surface area (Å²) in [6.45, 7) is 4.27. The largest absolute Gasteiger partial charge is 0.497 e. The number of carbonyl (C=O) groups excluding carboxylic acids is 1. The van der Waals surface area contributed by atoms with Crippen LogP contribution >= 0.6 is 11.8 Å². The van der Waals surface area contributed by atoms with Crippen LogP contribution in [0.2, 0.25) is 0 Å². The van der Waals surface area contributed by atoms with Crippen LogP contribution in [-0.4, -0.2) is 35.9 Å². The molecule has 0 heterocycles. The molecule has 27 heavy (non-hydrogen) atoms. The van der Waals surface area contributed by atoms with Crippen LogP contribution in [0, 0.1) is 0 Å². The number of benzene rings is 2. The van der Waals surface area contributed by atoms with Gasteiger partial charge in [0.15, 0.2) is 0 Å². The topological polar surface area (TPSA) is 75.6 Å². The van der Waals surface area contributed by atoms with E-state index in [2.05, 4.69) is 12.2 Å². The third kappa shape index (κ3) is 6.03. The van der Waals surface area contributed by atoms with Crippen molar-refractivity contribution in [3.05, 3.63) is 59.7 Å². The fourth-order valence-corrected chi connectivity index (χ4v) is 3.52. The van der Waals surface area contributed by atoms with Crippen LogP contribution in [0.5, 0.6) is 5.75 Å². The molecule has 0 bridgehead atoms. The Labute approximate surface area is 164 Å². The number of hydrogen-bond acceptors (Lipinski definition) is 4. The van der Waals surface area contributed by atoms with Crippen molar-refractivity contribution in [3.63, 3.8) is 0 Å². The van der Waals surface area contributed by atoms with Gasteiger partial charge in [-0.15, -0.1) is 11.8 Å². The minimum Gasteiger partial charge on any atom is -0.497 e. The van der Waals surface area contributed by atoms with Gasteiger partial charge in [0.1, 0.15) is 11.0 Å². The van der Waals surface area contributed by atoms with Crippen molar-refractivity contribution in [1.82, 2.24) is 5.32 Å². The van der Waals surface area contributed by atoms with Crippen LogP contribution in [0.4, 0.5) is 0 Å². The van der Waals surface area contributed by atoms with Gasteiger partial charge >= 0.3 is 5.97 Å². The predicted molar refractivity (Wildman–Crippen MR) is 108 cm³/mol. The highest BCUT2D eigenvalue weighted by atomic mass is 32.2. The van der Waals surface area contributed by atoms with Gasteiger partial charge in [-0.3, -0.25) is 9.59 Å². The quantitative estimate of drug-likeness (QED) is 0.631. The van der Waals surface area contributed by atoms with Gasteiger partial charge < -0.3 is 15.2 Å². The molecule has 0 fully saturated rings. The lowest BCUT2D eigenvalue weighted by Crippen LogP contribution is -2.26. The summed E-state index contributed by atoms with van der Waals surface area (Å²) in [5.41, 5.74) is 1.70. The van der Waals surface area contributed by atoms with Crippen molar-refractivity contribution in [2.75, 3.05) is 13.7 Å². The molecule has 0 aliphatic carbocycles. The number of thioether (sulfide) groups is 1. The highest BCUT2D eigenvalue weighted by molar-refractivity contribution is 8.00. The van der Waals surface area contributed by atoms with E-state index in [-0.39, 0.29) is 5.91 Å². The minimum atomic E-state index is -0.900. The van der Waals surface area contributed by atoms with E-state index in [1.165, 1.54) is 17.3 Å². The Morgan fingerprint density at radius 3 is 2.41 bits per heavy atom. The molecule has 0 aromatic heterocycles. The molecule has 0 radical (unpaired) electrons. The van der Waals surface area contributed by atoms with E-state index >= 15 is 0 Å². The van der Waals surface area contributed by atoms with Gasteiger partial charge in [-0.1, -0.05) is 31.2 Å². The normalized spacial score (nSPS) is 12.9. The molecule has 0 aliphatic heterocycles. The van der Waals surface area contributed by atoms with Crippen molar-refractivity contribution >= 4 is 23.6 Å². The molecule has 144 valence electrons. The van der Waals surface area contributed by atoms with Crippen molar-refractivity contribution in [2.45, 2.75) is 36.3 Å². The monoisotopic (exact) mass is 387 g/mol. The van der Waals surface area contributed by atoms with Crippen molar-refractivity contribution in [1.29, 1.82) is 0 Å². The number of nitrogens with one attached hydrogen (secondary N) is 1. The molecule has 0 saturated heterocycles. The first-order chi connectivity index (χ1) is 12.9. The molecule has 6 heteroatoms. The van der Waals surface area contributed by atoms with E-state index in [0.29, 0.717) is 22.9 Å². The van der Waals surface area contributed by atoms with Gasteiger partial charge in [-0.05, 0) is 49.1 Å². The first kappa shape index (κ1) is 20.8. The maximum absolute atomic E-state index is 12.5. The molecular weight excluding hydrogens is 362 g/mol. The molecule has 2 N–H and O–H groups in total. The van der Waals surface area contributed by atoms with E-state index in [4.69, 9.17) is 9.84 Å². The lowest BCUT2D eigenvalue weighted by molar-refractivity contribution is -0.136. The second-order valence-corrected chi connectivity index (χ2v) is 7.70. The zero-order valence-electron chi connectivity index (χ0n) is 15.8. The Morgan fingerprint density at radius 2 is 1.78 bits per heavy atom. The minimum absolute atomic E-state index is 0.183. The van der Waals surface area contributed by atoms with E-state index in [9.17, 15) is 9.59 Å². The lowest BCUT2D eigenvalue weighted by Gasteiger charge is -2.14. The summed E-state index contributed by atoms with van der Waals surface area (Å²) in [5.74, 6) is 0.0398. The number of carboxylic acid groups (broad SMARTS) is 1. The number of hydrogen-bond donors (Lipinski definition) is 2. The summed E-state index contributed by atoms with van der Waals surface area (Å²) < 4.78 is 5.17. The second kappa shape index (κ2) is 10.0. The zero-order valence-corrected chi connectivity index (χ0v) is 16.6. The van der Waals surface area contributed by atoms with Crippen molar-refractivity contribution in [3.8, 4) is 5.75 Å². The van der Waals surface area contributed by atoms with Gasteiger partial charge in [0.05, 0.1) is 12.7 Å². The third-order valence-corrected chi connectivity index (χ3v) is 5.50. The summed E-state index contributed by atoms with van der Waals surface area (Å²) in [5, 5.41) is 11.4. The summed E-state index contributed by atoms with van der Waals surface area (Å²) >= 11 is 1.17. The summed E-state index contributed by atoms with van der Waals surface area (Å²) in [7, 11) is 1.64. The highest BCUT2D eigenvalue weighted by Crippen LogP contribution is 2.27. The number of amides is 1. The second-order valence-electron chi connectivity index (χ2n) is 6.31. The maximum Gasteiger partial charge on any atom is 0.316 e. The fourth-order valence-electron chi connectivity index (χ4n) is 2.59. The first-order valence-corrected chi connectivity index (χ1v) is 9.71. The molecule has 0 aliphatic rings. The average Bonchev–Trinajstić information content (AvgIpc) is 2.68. The number of rotatable bonds is 9. The van der Waals surface area contributed by atoms with Gasteiger partial charge in [-0.2, -0.15) is 0 Å². The molecule has 2 aromatic rings. The van der Waals surface area contributed by atoms with Crippen LogP contribution in [-0.2, 0) is 4.79 Å². The molecule has 2 unspecified atom stereocenters. The van der Waals surface area contributed by atoms with E-state index < -0.39 is 11.2 Å². The summed E-state index contributed by atoms with van der Waals surface area (Å²) in [6, 6.07) is 15.0. The van der Waals surface area contributed by atoms with Crippen molar-refractivity contribution in [2.24, 2.45) is 0 Å². The number of carboxylic acids is 1. The molecule has 2 rings (SSSR count). The summed E-state index contributed by atoms with van der Waals surface area (Å²) in [4.78, 5) is 24.3. The molecule has 1 amide bonds.